The van der Waals surface area contributed by atoms with Gasteiger partial charge in [-0.15, -0.1) is 0 Å². The molecule has 2 atom stereocenters. The van der Waals surface area contributed by atoms with Crippen LogP contribution in [0.5, 0.6) is 11.5 Å². The SMILES string of the molecule is COc1ccc2c(c1OC)C[C@H]1CCCN(C(=O)OC(C)(C)C)C1C2. The van der Waals surface area contributed by atoms with Crippen molar-refractivity contribution < 1.29 is 19.0 Å². The summed E-state index contributed by atoms with van der Waals surface area (Å²) in [4.78, 5) is 14.6. The Morgan fingerprint density at radius 2 is 1.92 bits per heavy atom. The van der Waals surface area contributed by atoms with Crippen molar-refractivity contribution in [2.75, 3.05) is 20.8 Å². The molecule has 1 aliphatic carbocycles. The third-order valence-corrected chi connectivity index (χ3v) is 5.19. The van der Waals surface area contributed by atoms with Gasteiger partial charge in [-0.2, -0.15) is 0 Å². The number of fused-ring (bicyclic) bond motifs is 2. The number of hydrogen-bond donors (Lipinski definition) is 0. The van der Waals surface area contributed by atoms with Crippen molar-refractivity contribution in [3.8, 4) is 11.5 Å². The quantitative estimate of drug-likeness (QED) is 0.816. The van der Waals surface area contributed by atoms with E-state index >= 15 is 0 Å². The Morgan fingerprint density at radius 1 is 1.16 bits per heavy atom. The van der Waals surface area contributed by atoms with Gasteiger partial charge in [-0.25, -0.2) is 4.79 Å². The van der Waals surface area contributed by atoms with E-state index in [2.05, 4.69) is 6.07 Å². The van der Waals surface area contributed by atoms with Crippen LogP contribution in [-0.2, 0) is 17.6 Å². The highest BCUT2D eigenvalue weighted by Gasteiger charge is 2.40. The molecule has 5 heteroatoms. The number of carbonyl (C=O) groups is 1. The fourth-order valence-electron chi connectivity index (χ4n) is 4.13. The molecule has 0 aromatic heterocycles. The van der Waals surface area contributed by atoms with Crippen LogP contribution in [0.1, 0.15) is 44.7 Å². The number of ether oxygens (including phenoxy) is 3. The number of amides is 1. The van der Waals surface area contributed by atoms with Crippen molar-refractivity contribution in [2.24, 2.45) is 5.92 Å². The Morgan fingerprint density at radius 3 is 2.56 bits per heavy atom. The summed E-state index contributed by atoms with van der Waals surface area (Å²) in [7, 11) is 3.36. The molecule has 0 bridgehead atoms. The fourth-order valence-corrected chi connectivity index (χ4v) is 4.13. The van der Waals surface area contributed by atoms with Gasteiger partial charge in [-0.1, -0.05) is 6.07 Å². The molecule has 1 fully saturated rings. The molecule has 138 valence electrons. The lowest BCUT2D eigenvalue weighted by atomic mass is 9.75. The predicted octanol–water partition coefficient (Wildman–Crippen LogP) is 3.82. The maximum absolute atomic E-state index is 12.7. The minimum atomic E-state index is -0.465. The van der Waals surface area contributed by atoms with Gasteiger partial charge in [0, 0.05) is 18.2 Å². The van der Waals surface area contributed by atoms with Crippen LogP contribution in [0.4, 0.5) is 4.79 Å². The molecule has 1 aliphatic heterocycles. The standard InChI is InChI=1S/C20H29NO4/c1-20(2,3)25-19(22)21-10-6-7-14-11-15-13(12-16(14)21)8-9-17(23-4)18(15)24-5/h8-9,14,16H,6-7,10-12H2,1-5H3/t14-,16?/m1/s1. The van der Waals surface area contributed by atoms with Crippen molar-refractivity contribution >= 4 is 6.09 Å². The van der Waals surface area contributed by atoms with Gasteiger partial charge >= 0.3 is 6.09 Å². The Balaban J connectivity index is 1.88. The van der Waals surface area contributed by atoms with Crippen LogP contribution in [0.25, 0.3) is 0 Å². The van der Waals surface area contributed by atoms with Crippen molar-refractivity contribution in [2.45, 2.75) is 58.1 Å². The van der Waals surface area contributed by atoms with Crippen LogP contribution >= 0.6 is 0 Å². The molecule has 1 heterocycles. The van der Waals surface area contributed by atoms with E-state index in [0.717, 1.165) is 43.7 Å². The molecule has 1 amide bonds. The maximum atomic E-state index is 12.7. The van der Waals surface area contributed by atoms with E-state index in [9.17, 15) is 4.79 Å². The van der Waals surface area contributed by atoms with E-state index in [1.54, 1.807) is 14.2 Å². The minimum Gasteiger partial charge on any atom is -0.493 e. The molecular formula is C20H29NO4. The molecule has 0 N–H and O–H groups in total. The van der Waals surface area contributed by atoms with Gasteiger partial charge < -0.3 is 19.1 Å². The second-order valence-electron chi connectivity index (χ2n) is 7.99. The summed E-state index contributed by atoms with van der Waals surface area (Å²) in [5.74, 6) is 2.06. The van der Waals surface area contributed by atoms with Gasteiger partial charge in [0.05, 0.1) is 14.2 Å². The molecule has 3 rings (SSSR count). The van der Waals surface area contributed by atoms with E-state index in [1.807, 2.05) is 31.7 Å². The number of methoxy groups -OCH3 is 2. The molecule has 25 heavy (non-hydrogen) atoms. The van der Waals surface area contributed by atoms with Crippen LogP contribution in [-0.4, -0.2) is 43.4 Å². The number of hydrogen-bond acceptors (Lipinski definition) is 4. The Bertz CT molecular complexity index is 650. The lowest BCUT2D eigenvalue weighted by molar-refractivity contribution is -0.00145. The van der Waals surface area contributed by atoms with E-state index in [-0.39, 0.29) is 12.1 Å². The zero-order valence-corrected chi connectivity index (χ0v) is 15.9. The third-order valence-electron chi connectivity index (χ3n) is 5.19. The fraction of sp³-hybridized carbons (Fsp3) is 0.650. The summed E-state index contributed by atoms with van der Waals surface area (Å²) >= 11 is 0. The van der Waals surface area contributed by atoms with Crippen LogP contribution in [0.15, 0.2) is 12.1 Å². The summed E-state index contributed by atoms with van der Waals surface area (Å²) < 4.78 is 16.7. The summed E-state index contributed by atoms with van der Waals surface area (Å²) in [5.41, 5.74) is 2.01. The predicted molar refractivity (Wildman–Crippen MR) is 96.4 cm³/mol. The number of piperidine rings is 1. The Kier molecular flexibility index (Phi) is 4.85. The summed E-state index contributed by atoms with van der Waals surface area (Å²) in [6, 6.07) is 4.27. The minimum absolute atomic E-state index is 0.189. The molecule has 1 aromatic rings. The summed E-state index contributed by atoms with van der Waals surface area (Å²) in [6.45, 7) is 6.53. The third kappa shape index (κ3) is 3.55. The summed E-state index contributed by atoms with van der Waals surface area (Å²) in [5, 5.41) is 0. The lowest BCUT2D eigenvalue weighted by Crippen LogP contribution is -2.53. The molecule has 1 unspecified atom stereocenters. The first-order valence-electron chi connectivity index (χ1n) is 9.06. The number of likely N-dealkylation sites (tertiary alicyclic amines) is 1. The smallest absolute Gasteiger partial charge is 0.410 e. The van der Waals surface area contributed by atoms with Crippen LogP contribution in [0, 0.1) is 5.92 Å². The van der Waals surface area contributed by atoms with Gasteiger partial charge in [0.1, 0.15) is 5.60 Å². The topological polar surface area (TPSA) is 48.0 Å². The summed E-state index contributed by atoms with van der Waals surface area (Å²) in [6.07, 6.45) is 3.72. The van der Waals surface area contributed by atoms with E-state index in [1.165, 1.54) is 11.1 Å². The van der Waals surface area contributed by atoms with Gasteiger partial charge in [-0.3, -0.25) is 0 Å². The van der Waals surface area contributed by atoms with Crippen LogP contribution in [0.2, 0.25) is 0 Å². The van der Waals surface area contributed by atoms with E-state index in [0.29, 0.717) is 5.92 Å². The van der Waals surface area contributed by atoms with Crippen molar-refractivity contribution in [3.63, 3.8) is 0 Å². The largest absolute Gasteiger partial charge is 0.493 e. The van der Waals surface area contributed by atoms with Crippen molar-refractivity contribution in [1.29, 1.82) is 0 Å². The molecule has 2 aliphatic rings. The Hall–Kier alpha value is -1.91. The van der Waals surface area contributed by atoms with E-state index < -0.39 is 5.60 Å². The lowest BCUT2D eigenvalue weighted by Gasteiger charge is -2.44. The second kappa shape index (κ2) is 6.77. The zero-order valence-electron chi connectivity index (χ0n) is 15.9. The van der Waals surface area contributed by atoms with E-state index in [4.69, 9.17) is 14.2 Å². The monoisotopic (exact) mass is 347 g/mol. The van der Waals surface area contributed by atoms with Gasteiger partial charge in [0.15, 0.2) is 11.5 Å². The molecule has 0 radical (unpaired) electrons. The van der Waals surface area contributed by atoms with Gasteiger partial charge in [0.25, 0.3) is 0 Å². The van der Waals surface area contributed by atoms with Crippen molar-refractivity contribution in [1.82, 2.24) is 4.90 Å². The number of nitrogens with zero attached hydrogens (tertiary/aromatic N) is 1. The average molecular weight is 347 g/mol. The molecule has 0 saturated carbocycles. The molecule has 0 spiro atoms. The molecule has 1 saturated heterocycles. The number of carbonyl (C=O) groups excluding carboxylic acids is 1. The molecule has 1 aromatic carbocycles. The van der Waals surface area contributed by atoms with Crippen LogP contribution < -0.4 is 9.47 Å². The Labute approximate surface area is 150 Å². The number of benzene rings is 1. The number of rotatable bonds is 2. The zero-order chi connectivity index (χ0) is 18.2. The van der Waals surface area contributed by atoms with Crippen molar-refractivity contribution in [3.05, 3.63) is 23.3 Å². The molecule has 5 nitrogen and oxygen atoms in total. The first-order valence-corrected chi connectivity index (χ1v) is 9.06. The molecular weight excluding hydrogens is 318 g/mol. The first kappa shape index (κ1) is 17.9. The maximum Gasteiger partial charge on any atom is 0.410 e. The van der Waals surface area contributed by atoms with Gasteiger partial charge in [-0.05, 0) is 64.0 Å². The second-order valence-corrected chi connectivity index (χ2v) is 7.99. The van der Waals surface area contributed by atoms with Gasteiger partial charge in [0.2, 0.25) is 0 Å². The highest BCUT2D eigenvalue weighted by molar-refractivity contribution is 5.69. The van der Waals surface area contributed by atoms with Crippen LogP contribution in [0.3, 0.4) is 0 Å². The first-order chi connectivity index (χ1) is 11.8. The highest BCUT2D eigenvalue weighted by Crippen LogP contribution is 2.42. The average Bonchev–Trinajstić information content (AvgIpc) is 2.56. The highest BCUT2D eigenvalue weighted by atomic mass is 16.6. The normalized spacial score (nSPS) is 22.7.